The maximum absolute atomic E-state index is 8.56. The SMILES string of the molecule is C=CCNC.O=C(O)O. The van der Waals surface area contributed by atoms with E-state index in [1.807, 2.05) is 13.1 Å². The van der Waals surface area contributed by atoms with Gasteiger partial charge < -0.3 is 15.5 Å². The van der Waals surface area contributed by atoms with Gasteiger partial charge in [0.1, 0.15) is 0 Å². The van der Waals surface area contributed by atoms with Gasteiger partial charge in [0.05, 0.1) is 0 Å². The predicted octanol–water partition coefficient (Wildman–Crippen LogP) is 0.614. The Morgan fingerprint density at radius 3 is 2.11 bits per heavy atom. The van der Waals surface area contributed by atoms with E-state index in [1.165, 1.54) is 0 Å². The molecule has 0 aromatic heterocycles. The van der Waals surface area contributed by atoms with Gasteiger partial charge in [-0.2, -0.15) is 0 Å². The van der Waals surface area contributed by atoms with E-state index in [0.717, 1.165) is 6.54 Å². The van der Waals surface area contributed by atoms with E-state index < -0.39 is 6.16 Å². The van der Waals surface area contributed by atoms with E-state index in [0.29, 0.717) is 0 Å². The molecule has 0 saturated heterocycles. The van der Waals surface area contributed by atoms with Crippen LogP contribution in [0.3, 0.4) is 0 Å². The maximum atomic E-state index is 8.56. The first-order valence-electron chi connectivity index (χ1n) is 2.32. The third-order valence-corrected chi connectivity index (χ3v) is 0.348. The summed E-state index contributed by atoms with van der Waals surface area (Å²) < 4.78 is 0. The summed E-state index contributed by atoms with van der Waals surface area (Å²) in [5, 5.41) is 16.8. The molecule has 0 aliphatic heterocycles. The van der Waals surface area contributed by atoms with Gasteiger partial charge in [-0.25, -0.2) is 4.79 Å². The Kier molecular flexibility index (Phi) is 12.1. The van der Waals surface area contributed by atoms with Gasteiger partial charge in [-0.05, 0) is 7.05 Å². The number of nitrogens with one attached hydrogen (secondary N) is 1. The molecule has 0 aliphatic rings. The van der Waals surface area contributed by atoms with E-state index in [2.05, 4.69) is 11.9 Å². The van der Waals surface area contributed by atoms with Crippen molar-refractivity contribution in [3.63, 3.8) is 0 Å². The molecule has 54 valence electrons. The van der Waals surface area contributed by atoms with Gasteiger partial charge in [0.15, 0.2) is 0 Å². The molecule has 0 atom stereocenters. The van der Waals surface area contributed by atoms with Crippen molar-refractivity contribution >= 4 is 6.16 Å². The van der Waals surface area contributed by atoms with Crippen molar-refractivity contribution in [3.8, 4) is 0 Å². The summed E-state index contributed by atoms with van der Waals surface area (Å²) in [6.07, 6.45) is -0.0139. The van der Waals surface area contributed by atoms with Crippen LogP contribution in [0.15, 0.2) is 12.7 Å². The molecule has 0 fully saturated rings. The van der Waals surface area contributed by atoms with Crippen molar-refractivity contribution in [1.82, 2.24) is 5.32 Å². The van der Waals surface area contributed by atoms with Gasteiger partial charge >= 0.3 is 6.16 Å². The Balaban J connectivity index is 0. The van der Waals surface area contributed by atoms with Gasteiger partial charge in [0.25, 0.3) is 0 Å². The Morgan fingerprint density at radius 1 is 1.78 bits per heavy atom. The van der Waals surface area contributed by atoms with Crippen LogP contribution in [0.4, 0.5) is 4.79 Å². The largest absolute Gasteiger partial charge is 0.503 e. The quantitative estimate of drug-likeness (QED) is 0.483. The topological polar surface area (TPSA) is 69.6 Å². The van der Waals surface area contributed by atoms with Crippen molar-refractivity contribution in [1.29, 1.82) is 0 Å². The minimum Gasteiger partial charge on any atom is -0.450 e. The van der Waals surface area contributed by atoms with E-state index >= 15 is 0 Å². The first-order valence-corrected chi connectivity index (χ1v) is 2.32. The molecule has 0 amide bonds. The van der Waals surface area contributed by atoms with E-state index in [9.17, 15) is 0 Å². The van der Waals surface area contributed by atoms with E-state index in [-0.39, 0.29) is 0 Å². The summed E-state index contributed by atoms with van der Waals surface area (Å²) in [5.74, 6) is 0. The zero-order valence-corrected chi connectivity index (χ0v) is 5.29. The molecule has 0 aromatic carbocycles. The molecule has 0 radical (unpaired) electrons. The first-order chi connectivity index (χ1) is 4.15. The van der Waals surface area contributed by atoms with Gasteiger partial charge in [0, 0.05) is 6.54 Å². The lowest BCUT2D eigenvalue weighted by Gasteiger charge is -1.79. The standard InChI is InChI=1S/C4H9N.CH2O3/c1-3-4-5-2;2-1(3)4/h3,5H,1,4H2,2H3;(H2,2,3,4). The smallest absolute Gasteiger partial charge is 0.450 e. The highest BCUT2D eigenvalue weighted by molar-refractivity contribution is 5.53. The summed E-state index contributed by atoms with van der Waals surface area (Å²) in [6, 6.07) is 0. The molecule has 0 saturated carbocycles. The molecule has 0 heterocycles. The third kappa shape index (κ3) is 183. The molecule has 0 spiro atoms. The Bertz CT molecular complexity index is 78.3. The molecule has 0 aromatic rings. The van der Waals surface area contributed by atoms with Crippen molar-refractivity contribution < 1.29 is 15.0 Å². The van der Waals surface area contributed by atoms with Gasteiger partial charge in [0.2, 0.25) is 0 Å². The summed E-state index contributed by atoms with van der Waals surface area (Å²) >= 11 is 0. The zero-order chi connectivity index (χ0) is 7.70. The Labute approximate surface area is 53.8 Å². The van der Waals surface area contributed by atoms with Crippen molar-refractivity contribution in [2.45, 2.75) is 0 Å². The van der Waals surface area contributed by atoms with Crippen LogP contribution in [0.1, 0.15) is 0 Å². The molecule has 9 heavy (non-hydrogen) atoms. The predicted molar refractivity (Wildman–Crippen MR) is 34.8 cm³/mol. The summed E-state index contributed by atoms with van der Waals surface area (Å²) in [6.45, 7) is 4.39. The van der Waals surface area contributed by atoms with Crippen molar-refractivity contribution in [2.24, 2.45) is 0 Å². The highest BCUT2D eigenvalue weighted by Crippen LogP contribution is 1.48. The van der Waals surface area contributed by atoms with Crippen molar-refractivity contribution in [2.75, 3.05) is 13.6 Å². The first kappa shape index (κ1) is 10.9. The fraction of sp³-hybridized carbons (Fsp3) is 0.400. The summed E-state index contributed by atoms with van der Waals surface area (Å²) in [5.41, 5.74) is 0. The van der Waals surface area contributed by atoms with Crippen LogP contribution in [-0.4, -0.2) is 30.0 Å². The Hall–Kier alpha value is -1.03. The molecular formula is C5H11NO3. The highest BCUT2D eigenvalue weighted by atomic mass is 16.6. The van der Waals surface area contributed by atoms with Crippen molar-refractivity contribution in [3.05, 3.63) is 12.7 Å². The van der Waals surface area contributed by atoms with Crippen LogP contribution in [0.25, 0.3) is 0 Å². The highest BCUT2D eigenvalue weighted by Gasteiger charge is 1.70. The molecule has 0 rings (SSSR count). The van der Waals surface area contributed by atoms with Crippen LogP contribution in [-0.2, 0) is 0 Å². The second-order valence-corrected chi connectivity index (χ2v) is 1.13. The summed E-state index contributed by atoms with van der Waals surface area (Å²) in [7, 11) is 1.89. The zero-order valence-electron chi connectivity index (χ0n) is 5.29. The second kappa shape index (κ2) is 10.1. The third-order valence-electron chi connectivity index (χ3n) is 0.348. The minimum absolute atomic E-state index is 0.903. The monoisotopic (exact) mass is 133 g/mol. The minimum atomic E-state index is -1.83. The lowest BCUT2D eigenvalue weighted by atomic mass is 10.6. The van der Waals surface area contributed by atoms with Crippen LogP contribution >= 0.6 is 0 Å². The lowest BCUT2D eigenvalue weighted by Crippen LogP contribution is -2.02. The number of carboxylic acid groups (broad SMARTS) is 2. The normalized spacial score (nSPS) is 6.78. The molecule has 0 unspecified atom stereocenters. The van der Waals surface area contributed by atoms with E-state index in [1.54, 1.807) is 0 Å². The number of hydrogen-bond acceptors (Lipinski definition) is 2. The average molecular weight is 133 g/mol. The van der Waals surface area contributed by atoms with Gasteiger partial charge in [-0.1, -0.05) is 6.08 Å². The summed E-state index contributed by atoms with van der Waals surface area (Å²) in [4.78, 5) is 8.56. The molecule has 4 nitrogen and oxygen atoms in total. The van der Waals surface area contributed by atoms with Gasteiger partial charge in [-0.3, -0.25) is 0 Å². The molecular weight excluding hydrogens is 122 g/mol. The average Bonchev–Trinajstić information content (AvgIpc) is 1.66. The molecule has 0 aliphatic carbocycles. The van der Waals surface area contributed by atoms with E-state index in [4.69, 9.17) is 15.0 Å². The molecule has 4 heteroatoms. The van der Waals surface area contributed by atoms with Crippen LogP contribution in [0, 0.1) is 0 Å². The number of likely N-dealkylation sites (N-methyl/N-ethyl adjacent to an activating group) is 1. The Morgan fingerprint density at radius 2 is 2.11 bits per heavy atom. The second-order valence-electron chi connectivity index (χ2n) is 1.13. The van der Waals surface area contributed by atoms with Crippen LogP contribution in [0.2, 0.25) is 0 Å². The molecule has 3 N–H and O–H groups in total. The fourth-order valence-electron chi connectivity index (χ4n) is 0.144. The number of carbonyl (C=O) groups is 1. The van der Waals surface area contributed by atoms with Crippen LogP contribution < -0.4 is 5.32 Å². The fourth-order valence-corrected chi connectivity index (χ4v) is 0.144. The number of hydrogen-bond donors (Lipinski definition) is 3. The van der Waals surface area contributed by atoms with Crippen LogP contribution in [0.5, 0.6) is 0 Å². The lowest BCUT2D eigenvalue weighted by molar-refractivity contribution is 0.137. The molecule has 0 bridgehead atoms. The number of rotatable bonds is 2. The van der Waals surface area contributed by atoms with Gasteiger partial charge in [-0.15, -0.1) is 6.58 Å². The maximum Gasteiger partial charge on any atom is 0.503 e.